The first kappa shape index (κ1) is 10.5. The van der Waals surface area contributed by atoms with Crippen molar-refractivity contribution in [1.29, 1.82) is 0 Å². The van der Waals surface area contributed by atoms with E-state index < -0.39 is 11.6 Å². The van der Waals surface area contributed by atoms with Gasteiger partial charge in [-0.3, -0.25) is 4.79 Å². The lowest BCUT2D eigenvalue weighted by atomic mass is 10.0. The lowest BCUT2D eigenvalue weighted by molar-refractivity contribution is 0.511. The third kappa shape index (κ3) is 1.74. The number of benzene rings is 1. The van der Waals surface area contributed by atoms with Crippen LogP contribution in [0.5, 0.6) is 0 Å². The molecule has 16 heavy (non-hydrogen) atoms. The molecule has 4 heteroatoms. The molecule has 1 N–H and O–H groups in total. The van der Waals surface area contributed by atoms with Gasteiger partial charge >= 0.3 is 0 Å². The minimum atomic E-state index is -0.905. The molecular weight excluding hydrogens is 212 g/mol. The number of aryl methyl sites for hydroxylation is 1. The van der Waals surface area contributed by atoms with E-state index in [0.717, 1.165) is 6.07 Å². The van der Waals surface area contributed by atoms with Crippen molar-refractivity contribution in [3.8, 4) is 11.1 Å². The Morgan fingerprint density at radius 3 is 2.62 bits per heavy atom. The van der Waals surface area contributed by atoms with Gasteiger partial charge < -0.3 is 4.98 Å². The smallest absolute Gasteiger partial charge is 0.248 e. The minimum absolute atomic E-state index is 0.147. The molecule has 0 fully saturated rings. The summed E-state index contributed by atoms with van der Waals surface area (Å²) in [6.07, 6.45) is 1.38. The van der Waals surface area contributed by atoms with Crippen molar-refractivity contribution < 1.29 is 8.78 Å². The van der Waals surface area contributed by atoms with E-state index >= 15 is 0 Å². The predicted molar refractivity (Wildman–Crippen MR) is 57.2 cm³/mol. The quantitative estimate of drug-likeness (QED) is 0.788. The summed E-state index contributed by atoms with van der Waals surface area (Å²) in [6.45, 7) is 1.68. The number of rotatable bonds is 1. The van der Waals surface area contributed by atoms with E-state index in [9.17, 15) is 13.6 Å². The summed E-state index contributed by atoms with van der Waals surface area (Å²) < 4.78 is 26.5. The molecule has 82 valence electrons. The molecule has 1 aromatic heterocycles. The Balaban J connectivity index is 2.68. The van der Waals surface area contributed by atoms with Crippen LogP contribution in [0.4, 0.5) is 8.78 Å². The highest BCUT2D eigenvalue weighted by molar-refractivity contribution is 5.66. The summed E-state index contributed by atoms with van der Waals surface area (Å²) in [5, 5.41) is 0. The fourth-order valence-corrected chi connectivity index (χ4v) is 1.58. The third-order valence-corrected chi connectivity index (χ3v) is 2.37. The molecule has 0 amide bonds. The van der Waals surface area contributed by atoms with E-state index in [0.29, 0.717) is 11.1 Å². The highest BCUT2D eigenvalue weighted by Gasteiger charge is 2.11. The van der Waals surface area contributed by atoms with Crippen LogP contribution in [-0.2, 0) is 0 Å². The Hall–Kier alpha value is -1.97. The maximum Gasteiger partial charge on any atom is 0.248 e. The van der Waals surface area contributed by atoms with Crippen LogP contribution in [0, 0.1) is 18.6 Å². The molecule has 2 aromatic rings. The Kier molecular flexibility index (Phi) is 2.56. The van der Waals surface area contributed by atoms with Crippen molar-refractivity contribution in [3.63, 3.8) is 0 Å². The molecule has 1 heterocycles. The average Bonchev–Trinajstić information content (AvgIpc) is 2.23. The maximum atomic E-state index is 13.5. The van der Waals surface area contributed by atoms with Gasteiger partial charge in [0.1, 0.15) is 0 Å². The number of hydrogen-bond acceptors (Lipinski definition) is 1. The van der Waals surface area contributed by atoms with Gasteiger partial charge in [0, 0.05) is 23.4 Å². The highest BCUT2D eigenvalue weighted by Crippen LogP contribution is 2.25. The molecule has 0 aliphatic rings. The number of halogens is 2. The van der Waals surface area contributed by atoms with Crippen molar-refractivity contribution in [2.24, 2.45) is 0 Å². The van der Waals surface area contributed by atoms with Gasteiger partial charge in [-0.1, -0.05) is 12.1 Å². The molecule has 0 saturated carbocycles. The van der Waals surface area contributed by atoms with Gasteiger partial charge in [-0.2, -0.15) is 0 Å². The molecule has 0 spiro atoms. The van der Waals surface area contributed by atoms with Crippen LogP contribution in [0.3, 0.4) is 0 Å². The third-order valence-electron chi connectivity index (χ3n) is 2.37. The zero-order valence-electron chi connectivity index (χ0n) is 8.55. The van der Waals surface area contributed by atoms with Crippen LogP contribution in [0.2, 0.25) is 0 Å². The second-order valence-electron chi connectivity index (χ2n) is 3.50. The Morgan fingerprint density at radius 1 is 1.19 bits per heavy atom. The van der Waals surface area contributed by atoms with Gasteiger partial charge in [-0.25, -0.2) is 8.78 Å². The summed E-state index contributed by atoms with van der Waals surface area (Å²) in [4.78, 5) is 13.4. The summed E-state index contributed by atoms with van der Waals surface area (Å²) in [6, 6.07) is 5.30. The van der Waals surface area contributed by atoms with Crippen LogP contribution < -0.4 is 5.56 Å². The summed E-state index contributed by atoms with van der Waals surface area (Å²) in [5.74, 6) is -1.80. The van der Waals surface area contributed by atoms with Gasteiger partial charge in [0.15, 0.2) is 11.6 Å². The summed E-state index contributed by atoms with van der Waals surface area (Å²) in [7, 11) is 0. The molecule has 0 aliphatic heterocycles. The SMILES string of the molecule is Cc1cc(=O)[nH]cc1-c1cccc(F)c1F. The van der Waals surface area contributed by atoms with E-state index in [1.807, 2.05) is 0 Å². The number of pyridine rings is 1. The molecular formula is C12H9F2NO. The molecule has 1 aromatic carbocycles. The second-order valence-corrected chi connectivity index (χ2v) is 3.50. The summed E-state index contributed by atoms with van der Waals surface area (Å²) >= 11 is 0. The van der Waals surface area contributed by atoms with Crippen molar-refractivity contribution in [2.45, 2.75) is 6.92 Å². The van der Waals surface area contributed by atoms with E-state index in [1.54, 1.807) is 6.92 Å². The molecule has 0 atom stereocenters. The normalized spacial score (nSPS) is 10.4. The Morgan fingerprint density at radius 2 is 1.94 bits per heavy atom. The van der Waals surface area contributed by atoms with E-state index in [2.05, 4.69) is 4.98 Å². The Labute approximate surface area is 90.6 Å². The molecule has 0 bridgehead atoms. The van der Waals surface area contributed by atoms with E-state index in [1.165, 1.54) is 24.4 Å². The standard InChI is InChI=1S/C12H9F2NO/c1-7-5-11(16)15-6-9(7)8-3-2-4-10(13)12(8)14/h2-6H,1H3,(H,15,16). The van der Waals surface area contributed by atoms with Crippen LogP contribution in [0.25, 0.3) is 11.1 Å². The summed E-state index contributed by atoms with van der Waals surface area (Å²) in [5.41, 5.74) is 0.969. The minimum Gasteiger partial charge on any atom is -0.328 e. The predicted octanol–water partition coefficient (Wildman–Crippen LogP) is 2.63. The number of H-pyrrole nitrogens is 1. The lowest BCUT2D eigenvalue weighted by Crippen LogP contribution is -2.05. The molecule has 0 aliphatic carbocycles. The fourth-order valence-electron chi connectivity index (χ4n) is 1.58. The lowest BCUT2D eigenvalue weighted by Gasteiger charge is -2.06. The van der Waals surface area contributed by atoms with Crippen LogP contribution in [-0.4, -0.2) is 4.98 Å². The van der Waals surface area contributed by atoms with Gasteiger partial charge in [0.2, 0.25) is 5.56 Å². The van der Waals surface area contributed by atoms with Crippen LogP contribution in [0.1, 0.15) is 5.56 Å². The maximum absolute atomic E-state index is 13.5. The molecule has 2 rings (SSSR count). The average molecular weight is 221 g/mol. The molecule has 0 unspecified atom stereocenters. The monoisotopic (exact) mass is 221 g/mol. The molecule has 0 radical (unpaired) electrons. The molecule has 0 saturated heterocycles. The van der Waals surface area contributed by atoms with Crippen molar-refractivity contribution in [2.75, 3.05) is 0 Å². The van der Waals surface area contributed by atoms with Crippen molar-refractivity contribution in [1.82, 2.24) is 4.98 Å². The van der Waals surface area contributed by atoms with Crippen molar-refractivity contribution in [3.05, 3.63) is 58.0 Å². The van der Waals surface area contributed by atoms with Gasteiger partial charge in [-0.05, 0) is 18.6 Å². The largest absolute Gasteiger partial charge is 0.328 e. The van der Waals surface area contributed by atoms with Gasteiger partial charge in [0.05, 0.1) is 0 Å². The first-order valence-electron chi connectivity index (χ1n) is 4.73. The van der Waals surface area contributed by atoms with Crippen molar-refractivity contribution >= 4 is 0 Å². The van der Waals surface area contributed by atoms with Gasteiger partial charge in [0.25, 0.3) is 0 Å². The first-order chi connectivity index (χ1) is 7.59. The van der Waals surface area contributed by atoms with Crippen LogP contribution in [0.15, 0.2) is 35.3 Å². The zero-order valence-corrected chi connectivity index (χ0v) is 8.55. The molecule has 2 nitrogen and oxygen atoms in total. The second kappa shape index (κ2) is 3.89. The Bertz CT molecular complexity index is 590. The number of aromatic nitrogens is 1. The highest BCUT2D eigenvalue weighted by atomic mass is 19.2. The number of aromatic amines is 1. The van der Waals surface area contributed by atoms with E-state index in [-0.39, 0.29) is 11.1 Å². The fraction of sp³-hybridized carbons (Fsp3) is 0.0833. The zero-order chi connectivity index (χ0) is 11.7. The topological polar surface area (TPSA) is 32.9 Å². The van der Waals surface area contributed by atoms with Crippen LogP contribution >= 0.6 is 0 Å². The van der Waals surface area contributed by atoms with Gasteiger partial charge in [-0.15, -0.1) is 0 Å². The van der Waals surface area contributed by atoms with E-state index in [4.69, 9.17) is 0 Å². The number of hydrogen-bond donors (Lipinski definition) is 1. The number of nitrogens with one attached hydrogen (secondary N) is 1. The first-order valence-corrected chi connectivity index (χ1v) is 4.73.